The van der Waals surface area contributed by atoms with Crippen LogP contribution in [0.4, 0.5) is 0 Å². The molecule has 1 N–H and O–H groups in total. The first-order valence-corrected chi connectivity index (χ1v) is 6.22. The SMILES string of the molecule is COc1ccc(CC(O)CCC(C)(C)C)cc1. The van der Waals surface area contributed by atoms with Crippen LogP contribution in [0.15, 0.2) is 24.3 Å². The molecule has 0 saturated carbocycles. The van der Waals surface area contributed by atoms with Gasteiger partial charge in [0, 0.05) is 0 Å². The fraction of sp³-hybridized carbons (Fsp3) is 0.600. The van der Waals surface area contributed by atoms with Gasteiger partial charge in [-0.1, -0.05) is 32.9 Å². The summed E-state index contributed by atoms with van der Waals surface area (Å²) in [7, 11) is 1.66. The monoisotopic (exact) mass is 236 g/mol. The van der Waals surface area contributed by atoms with Crippen molar-refractivity contribution in [1.82, 2.24) is 0 Å². The van der Waals surface area contributed by atoms with Crippen molar-refractivity contribution in [3.05, 3.63) is 29.8 Å². The summed E-state index contributed by atoms with van der Waals surface area (Å²) in [5.41, 5.74) is 1.45. The molecule has 0 amide bonds. The second-order valence-electron chi connectivity index (χ2n) is 5.81. The summed E-state index contributed by atoms with van der Waals surface area (Å²) in [5.74, 6) is 0.859. The van der Waals surface area contributed by atoms with Crippen LogP contribution in [0.25, 0.3) is 0 Å². The zero-order valence-corrected chi connectivity index (χ0v) is 11.4. The maximum atomic E-state index is 9.96. The van der Waals surface area contributed by atoms with Crippen molar-refractivity contribution >= 4 is 0 Å². The lowest BCUT2D eigenvalue weighted by Gasteiger charge is -2.20. The number of hydrogen-bond donors (Lipinski definition) is 1. The molecule has 1 unspecified atom stereocenters. The van der Waals surface area contributed by atoms with Crippen LogP contribution < -0.4 is 4.74 Å². The van der Waals surface area contributed by atoms with Crippen molar-refractivity contribution in [3.63, 3.8) is 0 Å². The molecule has 0 spiro atoms. The summed E-state index contributed by atoms with van der Waals surface area (Å²) in [5, 5.41) is 9.96. The van der Waals surface area contributed by atoms with Gasteiger partial charge in [-0.2, -0.15) is 0 Å². The molecule has 0 radical (unpaired) electrons. The van der Waals surface area contributed by atoms with Crippen molar-refractivity contribution in [2.24, 2.45) is 5.41 Å². The zero-order chi connectivity index (χ0) is 12.9. The molecule has 0 aliphatic rings. The molecule has 17 heavy (non-hydrogen) atoms. The lowest BCUT2D eigenvalue weighted by atomic mass is 9.88. The Hall–Kier alpha value is -1.02. The Morgan fingerprint density at radius 2 is 1.76 bits per heavy atom. The molecule has 2 heteroatoms. The van der Waals surface area contributed by atoms with Crippen LogP contribution in [-0.4, -0.2) is 18.3 Å². The average Bonchev–Trinajstić information content (AvgIpc) is 2.27. The van der Waals surface area contributed by atoms with E-state index in [-0.39, 0.29) is 6.10 Å². The van der Waals surface area contributed by atoms with Crippen molar-refractivity contribution in [2.45, 2.75) is 46.1 Å². The third-order valence-electron chi connectivity index (χ3n) is 2.86. The Labute approximate surface area is 105 Å². The van der Waals surface area contributed by atoms with Gasteiger partial charge in [0.15, 0.2) is 0 Å². The molecular weight excluding hydrogens is 212 g/mol. The quantitative estimate of drug-likeness (QED) is 0.848. The van der Waals surface area contributed by atoms with Gasteiger partial charge in [0.2, 0.25) is 0 Å². The van der Waals surface area contributed by atoms with Crippen molar-refractivity contribution in [1.29, 1.82) is 0 Å². The van der Waals surface area contributed by atoms with Gasteiger partial charge in [0.05, 0.1) is 13.2 Å². The summed E-state index contributed by atoms with van der Waals surface area (Å²) in [6.07, 6.45) is 2.38. The predicted molar refractivity (Wildman–Crippen MR) is 71.4 cm³/mol. The van der Waals surface area contributed by atoms with E-state index in [4.69, 9.17) is 4.74 Å². The lowest BCUT2D eigenvalue weighted by Crippen LogP contribution is -2.15. The number of benzene rings is 1. The van der Waals surface area contributed by atoms with Crippen LogP contribution >= 0.6 is 0 Å². The number of ether oxygens (including phenoxy) is 1. The molecule has 0 bridgehead atoms. The van der Waals surface area contributed by atoms with Crippen molar-refractivity contribution < 1.29 is 9.84 Å². The minimum Gasteiger partial charge on any atom is -0.497 e. The number of rotatable bonds is 5. The summed E-state index contributed by atoms with van der Waals surface area (Å²) in [4.78, 5) is 0. The fourth-order valence-electron chi connectivity index (χ4n) is 1.74. The highest BCUT2D eigenvalue weighted by Gasteiger charge is 2.13. The van der Waals surface area contributed by atoms with E-state index in [2.05, 4.69) is 20.8 Å². The summed E-state index contributed by atoms with van der Waals surface area (Å²) < 4.78 is 5.10. The third kappa shape index (κ3) is 5.73. The van der Waals surface area contributed by atoms with Gasteiger partial charge in [0.25, 0.3) is 0 Å². The van der Waals surface area contributed by atoms with E-state index < -0.39 is 0 Å². The van der Waals surface area contributed by atoms with E-state index >= 15 is 0 Å². The van der Waals surface area contributed by atoms with Crippen LogP contribution in [0.5, 0.6) is 5.75 Å². The van der Waals surface area contributed by atoms with Gasteiger partial charge in [-0.05, 0) is 42.4 Å². The molecule has 0 heterocycles. The summed E-state index contributed by atoms with van der Waals surface area (Å²) in [6.45, 7) is 6.60. The van der Waals surface area contributed by atoms with E-state index in [0.29, 0.717) is 5.41 Å². The van der Waals surface area contributed by atoms with E-state index in [1.165, 1.54) is 0 Å². The van der Waals surface area contributed by atoms with Crippen LogP contribution in [0.2, 0.25) is 0 Å². The number of aliphatic hydroxyl groups is 1. The van der Waals surface area contributed by atoms with Gasteiger partial charge < -0.3 is 9.84 Å². The molecule has 96 valence electrons. The van der Waals surface area contributed by atoms with E-state index in [1.807, 2.05) is 24.3 Å². The Morgan fingerprint density at radius 3 is 2.24 bits per heavy atom. The zero-order valence-electron chi connectivity index (χ0n) is 11.4. The molecule has 1 rings (SSSR count). The molecule has 0 aromatic heterocycles. The Bertz CT molecular complexity index is 322. The second-order valence-corrected chi connectivity index (χ2v) is 5.81. The number of methoxy groups -OCH3 is 1. The highest BCUT2D eigenvalue weighted by atomic mass is 16.5. The number of aliphatic hydroxyl groups excluding tert-OH is 1. The highest BCUT2D eigenvalue weighted by Crippen LogP contribution is 2.22. The molecule has 1 atom stereocenters. The average molecular weight is 236 g/mol. The molecular formula is C15H24O2. The van der Waals surface area contributed by atoms with Crippen LogP contribution in [0.1, 0.15) is 39.2 Å². The van der Waals surface area contributed by atoms with Crippen molar-refractivity contribution in [2.75, 3.05) is 7.11 Å². The smallest absolute Gasteiger partial charge is 0.118 e. The maximum absolute atomic E-state index is 9.96. The standard InChI is InChI=1S/C15H24O2/c1-15(2,3)10-9-13(16)11-12-5-7-14(17-4)8-6-12/h5-8,13,16H,9-11H2,1-4H3. The largest absolute Gasteiger partial charge is 0.497 e. The van der Waals surface area contributed by atoms with Gasteiger partial charge in [0.1, 0.15) is 5.75 Å². The first-order chi connectivity index (χ1) is 7.90. The maximum Gasteiger partial charge on any atom is 0.118 e. The predicted octanol–water partition coefficient (Wildman–Crippen LogP) is 3.42. The first kappa shape index (κ1) is 14.0. The van der Waals surface area contributed by atoms with Gasteiger partial charge in [-0.3, -0.25) is 0 Å². The van der Waals surface area contributed by atoms with Crippen molar-refractivity contribution in [3.8, 4) is 5.75 Å². The fourth-order valence-corrected chi connectivity index (χ4v) is 1.74. The molecule has 0 aliphatic carbocycles. The van der Waals surface area contributed by atoms with Crippen LogP contribution in [-0.2, 0) is 6.42 Å². The molecule has 0 aliphatic heterocycles. The van der Waals surface area contributed by atoms with Crippen LogP contribution in [0, 0.1) is 5.41 Å². The lowest BCUT2D eigenvalue weighted by molar-refractivity contribution is 0.146. The van der Waals surface area contributed by atoms with Gasteiger partial charge in [-0.15, -0.1) is 0 Å². The third-order valence-corrected chi connectivity index (χ3v) is 2.86. The highest BCUT2D eigenvalue weighted by molar-refractivity contribution is 5.27. The first-order valence-electron chi connectivity index (χ1n) is 6.22. The Kier molecular flexibility index (Phi) is 5.01. The van der Waals surface area contributed by atoms with Gasteiger partial charge in [-0.25, -0.2) is 0 Å². The topological polar surface area (TPSA) is 29.5 Å². The second kappa shape index (κ2) is 6.06. The normalized spacial score (nSPS) is 13.5. The molecule has 1 aromatic carbocycles. The van der Waals surface area contributed by atoms with E-state index in [9.17, 15) is 5.11 Å². The van der Waals surface area contributed by atoms with E-state index in [1.54, 1.807) is 7.11 Å². The number of hydrogen-bond acceptors (Lipinski definition) is 2. The molecule has 0 saturated heterocycles. The summed E-state index contributed by atoms with van der Waals surface area (Å²) in [6, 6.07) is 7.90. The molecule has 0 fully saturated rings. The van der Waals surface area contributed by atoms with Crippen LogP contribution in [0.3, 0.4) is 0 Å². The minimum atomic E-state index is -0.248. The van der Waals surface area contributed by atoms with E-state index in [0.717, 1.165) is 30.6 Å². The molecule has 2 nitrogen and oxygen atoms in total. The Morgan fingerprint density at radius 1 is 1.18 bits per heavy atom. The summed E-state index contributed by atoms with van der Waals surface area (Å²) >= 11 is 0. The van der Waals surface area contributed by atoms with Gasteiger partial charge >= 0.3 is 0 Å². The molecule has 1 aromatic rings. The minimum absolute atomic E-state index is 0.248. The Balaban J connectivity index is 2.42.